The summed E-state index contributed by atoms with van der Waals surface area (Å²) in [5, 5.41) is 0. The highest BCUT2D eigenvalue weighted by molar-refractivity contribution is 6.07. The predicted octanol–water partition coefficient (Wildman–Crippen LogP) is 3.70. The molecule has 1 amide bonds. The number of Topliss-reactive ketones (excluding diaryl/α,β-unsaturated/α-hetero) is 1. The van der Waals surface area contributed by atoms with Crippen molar-refractivity contribution in [1.29, 1.82) is 0 Å². The first-order valence-electron chi connectivity index (χ1n) is 10.6. The summed E-state index contributed by atoms with van der Waals surface area (Å²) in [4.78, 5) is 40.9. The van der Waals surface area contributed by atoms with Crippen LogP contribution in [-0.4, -0.2) is 52.9 Å². The van der Waals surface area contributed by atoms with Gasteiger partial charge < -0.3 is 18.9 Å². The number of methoxy groups -OCH3 is 1. The summed E-state index contributed by atoms with van der Waals surface area (Å²) < 4.78 is 12.0. The molecule has 1 fully saturated rings. The van der Waals surface area contributed by atoms with Gasteiger partial charge in [0.1, 0.15) is 11.4 Å². The van der Waals surface area contributed by atoms with Crippen molar-refractivity contribution >= 4 is 17.7 Å². The minimum atomic E-state index is -0.656. The van der Waals surface area contributed by atoms with E-state index in [0.29, 0.717) is 33.8 Å². The second kappa shape index (κ2) is 8.96. The Labute approximate surface area is 182 Å². The Morgan fingerprint density at radius 2 is 1.77 bits per heavy atom. The van der Waals surface area contributed by atoms with Gasteiger partial charge in [-0.1, -0.05) is 0 Å². The molecule has 2 aromatic rings. The molecular weight excluding hydrogens is 396 g/mol. The van der Waals surface area contributed by atoms with Gasteiger partial charge in [0.05, 0.1) is 19.8 Å². The van der Waals surface area contributed by atoms with Crippen LogP contribution in [0.5, 0.6) is 5.75 Å². The van der Waals surface area contributed by atoms with Crippen molar-refractivity contribution in [2.24, 2.45) is 7.05 Å². The lowest BCUT2D eigenvalue weighted by Gasteiger charge is -2.29. The lowest BCUT2D eigenvalue weighted by Crippen LogP contribution is -2.45. The summed E-state index contributed by atoms with van der Waals surface area (Å²) in [7, 11) is 3.32. The maximum absolute atomic E-state index is 13.6. The van der Waals surface area contributed by atoms with E-state index < -0.39 is 12.0 Å². The average molecular weight is 427 g/mol. The van der Waals surface area contributed by atoms with E-state index in [9.17, 15) is 14.4 Å². The van der Waals surface area contributed by atoms with Crippen LogP contribution in [0, 0.1) is 13.8 Å². The van der Waals surface area contributed by atoms with Crippen molar-refractivity contribution in [1.82, 2.24) is 9.47 Å². The third kappa shape index (κ3) is 4.22. The zero-order valence-electron chi connectivity index (χ0n) is 19.0. The average Bonchev–Trinajstić information content (AvgIpc) is 3.55. The quantitative estimate of drug-likeness (QED) is 0.475. The standard InChI is InChI=1S/C24H30N2O5/c1-7-31-24(29)21-14(2)20(15(3)25(21)5)22(27)16(4)26(18-10-11-18)23(28)17-8-12-19(30-6)13-9-17/h8-9,12-13,16,18H,7,10-11H2,1-6H3. The van der Waals surface area contributed by atoms with Gasteiger partial charge in [-0.15, -0.1) is 0 Å². The minimum Gasteiger partial charge on any atom is -0.497 e. The van der Waals surface area contributed by atoms with Crippen molar-refractivity contribution in [3.63, 3.8) is 0 Å². The van der Waals surface area contributed by atoms with Gasteiger partial charge in [0.25, 0.3) is 5.91 Å². The first kappa shape index (κ1) is 22.6. The number of ketones is 1. The minimum absolute atomic E-state index is 0.0439. The number of ether oxygens (including phenoxy) is 2. The molecule has 1 aromatic heterocycles. The van der Waals surface area contributed by atoms with Gasteiger partial charge in [-0.3, -0.25) is 9.59 Å². The van der Waals surface area contributed by atoms with Crippen LogP contribution < -0.4 is 4.74 Å². The summed E-state index contributed by atoms with van der Waals surface area (Å²) in [5.74, 6) is -0.135. The molecule has 31 heavy (non-hydrogen) atoms. The Morgan fingerprint density at radius 3 is 2.29 bits per heavy atom. The van der Waals surface area contributed by atoms with Crippen LogP contribution in [0.25, 0.3) is 0 Å². The van der Waals surface area contributed by atoms with Gasteiger partial charge in [-0.2, -0.15) is 0 Å². The molecule has 1 aromatic carbocycles. The number of hydrogen-bond donors (Lipinski definition) is 0. The molecule has 1 unspecified atom stereocenters. The zero-order valence-corrected chi connectivity index (χ0v) is 19.0. The lowest BCUT2D eigenvalue weighted by molar-refractivity contribution is 0.0513. The van der Waals surface area contributed by atoms with Crippen LogP contribution in [0.15, 0.2) is 24.3 Å². The third-order valence-electron chi connectivity index (χ3n) is 5.95. The molecule has 0 N–H and O–H groups in total. The molecule has 0 spiro atoms. The smallest absolute Gasteiger partial charge is 0.355 e. The van der Waals surface area contributed by atoms with Crippen LogP contribution in [0.2, 0.25) is 0 Å². The van der Waals surface area contributed by atoms with Gasteiger partial charge in [0.15, 0.2) is 5.78 Å². The predicted molar refractivity (Wildman–Crippen MR) is 117 cm³/mol. The van der Waals surface area contributed by atoms with Gasteiger partial charge in [0.2, 0.25) is 0 Å². The van der Waals surface area contributed by atoms with Crippen LogP contribution in [0.4, 0.5) is 0 Å². The highest BCUT2D eigenvalue weighted by Crippen LogP contribution is 2.33. The normalized spacial score (nSPS) is 14.1. The SMILES string of the molecule is CCOC(=O)c1c(C)c(C(=O)C(C)N(C(=O)c2ccc(OC)cc2)C2CC2)c(C)n1C. The number of carbonyl (C=O) groups excluding carboxylic acids is 3. The molecule has 0 aliphatic heterocycles. The Kier molecular flexibility index (Phi) is 6.53. The third-order valence-corrected chi connectivity index (χ3v) is 5.95. The topological polar surface area (TPSA) is 77.8 Å². The summed E-state index contributed by atoms with van der Waals surface area (Å²) in [5.41, 5.74) is 2.63. The molecule has 1 aliphatic rings. The first-order chi connectivity index (χ1) is 14.7. The Balaban J connectivity index is 1.94. The summed E-state index contributed by atoms with van der Waals surface area (Å²) >= 11 is 0. The fourth-order valence-corrected chi connectivity index (χ4v) is 4.06. The van der Waals surface area contributed by atoms with Crippen LogP contribution in [0.1, 0.15) is 69.2 Å². The van der Waals surface area contributed by atoms with Crippen molar-refractivity contribution < 1.29 is 23.9 Å². The summed E-state index contributed by atoms with van der Waals surface area (Å²) in [6, 6.07) is 6.29. The second-order valence-electron chi connectivity index (χ2n) is 7.93. The molecule has 166 valence electrons. The lowest BCUT2D eigenvalue weighted by atomic mass is 9.99. The summed E-state index contributed by atoms with van der Waals surface area (Å²) in [6.07, 6.45) is 1.75. The van der Waals surface area contributed by atoms with E-state index >= 15 is 0 Å². The number of benzene rings is 1. The van der Waals surface area contributed by atoms with E-state index in [1.807, 2.05) is 6.92 Å². The summed E-state index contributed by atoms with van der Waals surface area (Å²) in [6.45, 7) is 7.33. The van der Waals surface area contributed by atoms with Gasteiger partial charge in [-0.05, 0) is 70.4 Å². The van der Waals surface area contributed by atoms with Crippen molar-refractivity contribution in [2.45, 2.75) is 52.6 Å². The fourth-order valence-electron chi connectivity index (χ4n) is 4.06. The highest BCUT2D eigenvalue weighted by Gasteiger charge is 2.40. The zero-order chi connectivity index (χ0) is 22.9. The monoisotopic (exact) mass is 426 g/mol. The molecule has 1 aliphatic carbocycles. The molecule has 3 rings (SSSR count). The van der Waals surface area contributed by atoms with Crippen LogP contribution in [-0.2, 0) is 11.8 Å². The number of aromatic nitrogens is 1. The number of amides is 1. The maximum atomic E-state index is 13.6. The van der Waals surface area contributed by atoms with Crippen molar-refractivity contribution in [3.8, 4) is 5.75 Å². The van der Waals surface area contributed by atoms with Crippen LogP contribution in [0.3, 0.4) is 0 Å². The highest BCUT2D eigenvalue weighted by atomic mass is 16.5. The second-order valence-corrected chi connectivity index (χ2v) is 7.93. The molecule has 1 atom stereocenters. The molecule has 1 heterocycles. The fraction of sp³-hybridized carbons (Fsp3) is 0.458. The number of rotatable bonds is 8. The van der Waals surface area contributed by atoms with E-state index in [0.717, 1.165) is 12.8 Å². The Bertz CT molecular complexity index is 1000. The molecular formula is C24H30N2O5. The van der Waals surface area contributed by atoms with Gasteiger partial charge >= 0.3 is 5.97 Å². The van der Waals surface area contributed by atoms with E-state index in [1.54, 1.807) is 68.7 Å². The Hall–Kier alpha value is -3.09. The molecule has 1 saturated carbocycles. The molecule has 7 heteroatoms. The number of hydrogen-bond acceptors (Lipinski definition) is 5. The maximum Gasteiger partial charge on any atom is 0.355 e. The van der Waals surface area contributed by atoms with E-state index in [4.69, 9.17) is 9.47 Å². The van der Waals surface area contributed by atoms with E-state index in [1.165, 1.54) is 0 Å². The number of carbonyl (C=O) groups is 3. The van der Waals surface area contributed by atoms with Crippen LogP contribution >= 0.6 is 0 Å². The van der Waals surface area contributed by atoms with Crippen molar-refractivity contribution in [2.75, 3.05) is 13.7 Å². The first-order valence-corrected chi connectivity index (χ1v) is 10.6. The molecule has 0 radical (unpaired) electrons. The number of esters is 1. The molecule has 7 nitrogen and oxygen atoms in total. The molecule has 0 saturated heterocycles. The van der Waals surface area contributed by atoms with E-state index in [2.05, 4.69) is 0 Å². The van der Waals surface area contributed by atoms with Gasteiger partial charge in [-0.25, -0.2) is 4.79 Å². The van der Waals surface area contributed by atoms with E-state index in [-0.39, 0.29) is 24.3 Å². The van der Waals surface area contributed by atoms with Crippen molar-refractivity contribution in [3.05, 3.63) is 52.3 Å². The van der Waals surface area contributed by atoms with Gasteiger partial charge in [0, 0.05) is 29.9 Å². The Morgan fingerprint density at radius 1 is 1.16 bits per heavy atom. The largest absolute Gasteiger partial charge is 0.497 e. The number of nitrogens with zero attached hydrogens (tertiary/aromatic N) is 2. The molecule has 0 bridgehead atoms.